The molecule has 104 valence electrons. The predicted octanol–water partition coefficient (Wildman–Crippen LogP) is 3.95. The number of hydrogen-bond acceptors (Lipinski definition) is 2. The van der Waals surface area contributed by atoms with Crippen LogP contribution in [0.2, 0.25) is 0 Å². The molecule has 0 fully saturated rings. The number of carbonyl (C=O) groups excluding carboxylic acids is 1. The fraction of sp³-hybridized carbons (Fsp3) is 0.133. The van der Waals surface area contributed by atoms with Crippen molar-refractivity contribution in [3.63, 3.8) is 0 Å². The van der Waals surface area contributed by atoms with Gasteiger partial charge in [0, 0.05) is 11.1 Å². The van der Waals surface area contributed by atoms with Gasteiger partial charge >= 0.3 is 6.18 Å². The number of rotatable bonds is 3. The maximum Gasteiger partial charge on any atom is 0.419 e. The Bertz CT molecular complexity index is 619. The molecule has 2 aromatic carbocycles. The van der Waals surface area contributed by atoms with E-state index in [9.17, 15) is 18.0 Å². The second-order valence-corrected chi connectivity index (χ2v) is 4.11. The van der Waals surface area contributed by atoms with Crippen molar-refractivity contribution in [1.82, 2.24) is 0 Å². The van der Waals surface area contributed by atoms with Gasteiger partial charge in [0.25, 0.3) is 0 Å². The van der Waals surface area contributed by atoms with Gasteiger partial charge in [-0.15, -0.1) is 0 Å². The van der Waals surface area contributed by atoms with E-state index in [1.807, 2.05) is 0 Å². The Morgan fingerprint density at radius 1 is 1.00 bits per heavy atom. The van der Waals surface area contributed by atoms with Gasteiger partial charge in [-0.2, -0.15) is 13.2 Å². The molecule has 0 bridgehead atoms. The van der Waals surface area contributed by atoms with Crippen LogP contribution in [0.25, 0.3) is 0 Å². The van der Waals surface area contributed by atoms with E-state index >= 15 is 0 Å². The molecule has 0 aliphatic carbocycles. The zero-order valence-corrected chi connectivity index (χ0v) is 10.6. The third kappa shape index (κ3) is 2.82. The van der Waals surface area contributed by atoms with Crippen LogP contribution in [0, 0.1) is 0 Å². The molecule has 0 atom stereocenters. The Morgan fingerprint density at radius 2 is 1.65 bits per heavy atom. The Kier molecular flexibility index (Phi) is 3.79. The van der Waals surface area contributed by atoms with Crippen LogP contribution in [0.15, 0.2) is 48.5 Å². The summed E-state index contributed by atoms with van der Waals surface area (Å²) in [6.07, 6.45) is -4.57. The Balaban J connectivity index is 2.47. The molecule has 0 aliphatic heterocycles. The first-order valence-corrected chi connectivity index (χ1v) is 5.78. The zero-order chi connectivity index (χ0) is 14.8. The number of benzene rings is 2. The van der Waals surface area contributed by atoms with Crippen molar-refractivity contribution in [2.24, 2.45) is 0 Å². The number of halogens is 3. The highest BCUT2D eigenvalue weighted by Crippen LogP contribution is 2.36. The largest absolute Gasteiger partial charge is 0.496 e. The second-order valence-electron chi connectivity index (χ2n) is 4.11. The molecule has 20 heavy (non-hydrogen) atoms. The third-order valence-corrected chi connectivity index (χ3v) is 2.80. The van der Waals surface area contributed by atoms with Crippen molar-refractivity contribution in [3.8, 4) is 5.75 Å². The summed E-state index contributed by atoms with van der Waals surface area (Å²) in [5, 5.41) is 0. The SMILES string of the molecule is COc1ccc(C(=O)c2ccccc2)cc1C(F)(F)F. The molecule has 0 radical (unpaired) electrons. The summed E-state index contributed by atoms with van der Waals surface area (Å²) >= 11 is 0. The highest BCUT2D eigenvalue weighted by atomic mass is 19.4. The van der Waals surface area contributed by atoms with E-state index < -0.39 is 17.5 Å². The molecule has 0 amide bonds. The molecule has 0 unspecified atom stereocenters. The maximum atomic E-state index is 12.9. The van der Waals surface area contributed by atoms with Gasteiger partial charge in [-0.1, -0.05) is 30.3 Å². The molecule has 0 spiro atoms. The average Bonchev–Trinajstić information content (AvgIpc) is 2.46. The van der Waals surface area contributed by atoms with Gasteiger partial charge in [0.15, 0.2) is 5.78 Å². The standard InChI is InChI=1S/C15H11F3O2/c1-20-13-8-7-11(9-12(13)15(16,17)18)14(19)10-5-3-2-4-6-10/h2-9H,1H3. The smallest absolute Gasteiger partial charge is 0.419 e. The second kappa shape index (κ2) is 5.36. The minimum Gasteiger partial charge on any atom is -0.496 e. The van der Waals surface area contributed by atoms with Gasteiger partial charge in [-0.3, -0.25) is 4.79 Å². The van der Waals surface area contributed by atoms with Crippen LogP contribution in [0.4, 0.5) is 13.2 Å². The Labute approximate surface area is 113 Å². The number of methoxy groups -OCH3 is 1. The number of alkyl halides is 3. The molecular weight excluding hydrogens is 269 g/mol. The summed E-state index contributed by atoms with van der Waals surface area (Å²) in [7, 11) is 1.16. The number of hydrogen-bond donors (Lipinski definition) is 0. The topological polar surface area (TPSA) is 26.3 Å². The van der Waals surface area contributed by atoms with Crippen LogP contribution in [0.5, 0.6) is 5.75 Å². The van der Waals surface area contributed by atoms with Crippen LogP contribution < -0.4 is 4.74 Å². The zero-order valence-electron chi connectivity index (χ0n) is 10.6. The lowest BCUT2D eigenvalue weighted by molar-refractivity contribution is -0.138. The molecular formula is C15H11F3O2. The van der Waals surface area contributed by atoms with Crippen molar-refractivity contribution < 1.29 is 22.7 Å². The van der Waals surface area contributed by atoms with E-state index in [0.717, 1.165) is 19.2 Å². The van der Waals surface area contributed by atoms with Crippen molar-refractivity contribution in [2.75, 3.05) is 7.11 Å². The first-order valence-electron chi connectivity index (χ1n) is 5.78. The van der Waals surface area contributed by atoms with Gasteiger partial charge in [-0.25, -0.2) is 0 Å². The number of ether oxygens (including phenoxy) is 1. The van der Waals surface area contributed by atoms with Crippen LogP contribution in [-0.4, -0.2) is 12.9 Å². The van der Waals surface area contributed by atoms with Crippen molar-refractivity contribution >= 4 is 5.78 Å². The van der Waals surface area contributed by atoms with Crippen LogP contribution >= 0.6 is 0 Å². The van der Waals surface area contributed by atoms with Crippen molar-refractivity contribution in [1.29, 1.82) is 0 Å². The molecule has 0 aromatic heterocycles. The summed E-state index contributed by atoms with van der Waals surface area (Å²) in [4.78, 5) is 12.1. The van der Waals surface area contributed by atoms with Gasteiger partial charge < -0.3 is 4.74 Å². The normalized spacial score (nSPS) is 11.2. The van der Waals surface area contributed by atoms with E-state index in [2.05, 4.69) is 4.74 Å². The monoisotopic (exact) mass is 280 g/mol. The minimum atomic E-state index is -4.57. The Hall–Kier alpha value is -2.30. The molecule has 0 saturated carbocycles. The molecule has 0 heterocycles. The average molecular weight is 280 g/mol. The fourth-order valence-corrected chi connectivity index (χ4v) is 1.83. The minimum absolute atomic E-state index is 0.0238. The summed E-state index contributed by atoms with van der Waals surface area (Å²) in [6.45, 7) is 0. The molecule has 5 heteroatoms. The van der Waals surface area contributed by atoms with E-state index in [0.29, 0.717) is 5.56 Å². The quantitative estimate of drug-likeness (QED) is 0.796. The summed E-state index contributed by atoms with van der Waals surface area (Å²) < 4.78 is 43.4. The maximum absolute atomic E-state index is 12.9. The highest BCUT2D eigenvalue weighted by molar-refractivity contribution is 6.09. The lowest BCUT2D eigenvalue weighted by Gasteiger charge is -2.13. The third-order valence-electron chi connectivity index (χ3n) is 2.80. The van der Waals surface area contributed by atoms with Crippen molar-refractivity contribution in [2.45, 2.75) is 6.18 Å². The molecule has 0 aliphatic rings. The molecule has 2 rings (SSSR count). The fourth-order valence-electron chi connectivity index (χ4n) is 1.83. The first kappa shape index (κ1) is 14.1. The van der Waals surface area contributed by atoms with Crippen LogP contribution in [0.1, 0.15) is 21.5 Å². The van der Waals surface area contributed by atoms with Gasteiger partial charge in [0.2, 0.25) is 0 Å². The highest BCUT2D eigenvalue weighted by Gasteiger charge is 2.35. The number of ketones is 1. The van der Waals surface area contributed by atoms with Gasteiger partial charge in [-0.05, 0) is 18.2 Å². The van der Waals surface area contributed by atoms with E-state index in [4.69, 9.17) is 0 Å². The van der Waals surface area contributed by atoms with Crippen LogP contribution in [-0.2, 0) is 6.18 Å². The number of carbonyl (C=O) groups is 1. The molecule has 0 N–H and O–H groups in total. The van der Waals surface area contributed by atoms with Crippen LogP contribution in [0.3, 0.4) is 0 Å². The molecule has 2 nitrogen and oxygen atoms in total. The predicted molar refractivity (Wildman–Crippen MR) is 67.9 cm³/mol. The van der Waals surface area contributed by atoms with E-state index in [1.165, 1.54) is 6.07 Å². The summed E-state index contributed by atoms with van der Waals surface area (Å²) in [5.74, 6) is -0.763. The lowest BCUT2D eigenvalue weighted by Crippen LogP contribution is -2.10. The first-order chi connectivity index (χ1) is 9.43. The summed E-state index contributed by atoms with van der Waals surface area (Å²) in [5.41, 5.74) is -0.642. The van der Waals surface area contributed by atoms with Crippen molar-refractivity contribution in [3.05, 3.63) is 65.2 Å². The molecule has 2 aromatic rings. The van der Waals surface area contributed by atoms with E-state index in [-0.39, 0.29) is 11.3 Å². The van der Waals surface area contributed by atoms with Gasteiger partial charge in [0.1, 0.15) is 5.75 Å². The van der Waals surface area contributed by atoms with E-state index in [1.54, 1.807) is 30.3 Å². The Morgan fingerprint density at radius 3 is 2.20 bits per heavy atom. The lowest BCUT2D eigenvalue weighted by atomic mass is 10.0. The molecule has 0 saturated heterocycles. The van der Waals surface area contributed by atoms with Gasteiger partial charge in [0.05, 0.1) is 12.7 Å². The summed E-state index contributed by atoms with van der Waals surface area (Å²) in [6, 6.07) is 11.4.